The lowest BCUT2D eigenvalue weighted by molar-refractivity contribution is -0.154. The molecule has 0 bridgehead atoms. The number of ether oxygens (including phenoxy) is 5. The number of amides is 2. The minimum Gasteiger partial charge on any atom is -0.468 e. The Balaban J connectivity index is 2.06. The molecule has 0 aliphatic rings. The van der Waals surface area contributed by atoms with Crippen molar-refractivity contribution in [1.82, 2.24) is 9.97 Å². The van der Waals surface area contributed by atoms with Gasteiger partial charge in [-0.3, -0.25) is 4.90 Å². The van der Waals surface area contributed by atoms with Crippen molar-refractivity contribution in [3.63, 3.8) is 0 Å². The van der Waals surface area contributed by atoms with E-state index in [4.69, 9.17) is 14.2 Å². The van der Waals surface area contributed by atoms with Crippen molar-refractivity contribution in [3.8, 4) is 11.8 Å². The quantitative estimate of drug-likeness (QED) is 0.100. The molecule has 2 amide bonds. The zero-order valence-electron chi connectivity index (χ0n) is 24.4. The number of alkyl halides is 9. The van der Waals surface area contributed by atoms with E-state index in [1.165, 1.54) is 7.11 Å². The Morgan fingerprint density at radius 2 is 1.28 bits per heavy atom. The molecule has 10 nitrogen and oxygen atoms in total. The average Bonchev–Trinajstić information content (AvgIpc) is 3.00. The van der Waals surface area contributed by atoms with Crippen LogP contribution in [0.1, 0.15) is 11.1 Å². The van der Waals surface area contributed by atoms with Crippen LogP contribution < -0.4 is 19.3 Å². The molecule has 0 saturated heterocycles. The highest BCUT2D eigenvalue weighted by molar-refractivity contribution is 6.02. The van der Waals surface area contributed by atoms with Crippen molar-refractivity contribution in [2.24, 2.45) is 0 Å². The first-order valence-electron chi connectivity index (χ1n) is 13.3. The SMILES string of the molecule is COCCOCN(C(=O)N(COCc1ccccc1)c1nc(OCC(F)(F)F)cc(OCC(F)(F)F)n1)c1ccc(C(F)(F)F)cc1. The van der Waals surface area contributed by atoms with Gasteiger partial charge in [-0.15, -0.1) is 0 Å². The summed E-state index contributed by atoms with van der Waals surface area (Å²) < 4.78 is 142. The Bertz CT molecular complexity index is 1370. The predicted octanol–water partition coefficient (Wildman–Crippen LogP) is 6.61. The lowest BCUT2D eigenvalue weighted by Gasteiger charge is -2.29. The van der Waals surface area contributed by atoms with Crippen molar-refractivity contribution < 1.29 is 68.0 Å². The Labute approximate surface area is 261 Å². The van der Waals surface area contributed by atoms with E-state index in [1.54, 1.807) is 30.3 Å². The van der Waals surface area contributed by atoms with Crippen LogP contribution in [0.2, 0.25) is 0 Å². The molecule has 0 aliphatic carbocycles. The van der Waals surface area contributed by atoms with Crippen LogP contribution >= 0.6 is 0 Å². The zero-order valence-corrected chi connectivity index (χ0v) is 24.4. The summed E-state index contributed by atoms with van der Waals surface area (Å²) in [6, 6.07) is 11.1. The number of halogens is 9. The van der Waals surface area contributed by atoms with Crippen LogP contribution in [0.4, 0.5) is 55.9 Å². The number of carbonyl (C=O) groups excluding carboxylic acids is 1. The van der Waals surface area contributed by atoms with Gasteiger partial charge in [0.05, 0.1) is 31.5 Å². The van der Waals surface area contributed by atoms with Crippen LogP contribution in [0.3, 0.4) is 0 Å². The summed E-state index contributed by atoms with van der Waals surface area (Å²) >= 11 is 0. The number of carbonyl (C=O) groups is 1. The summed E-state index contributed by atoms with van der Waals surface area (Å²) in [5.41, 5.74) is -0.576. The van der Waals surface area contributed by atoms with E-state index < -0.39 is 74.5 Å². The Kier molecular flexibility index (Phi) is 13.0. The predicted molar refractivity (Wildman–Crippen MR) is 146 cm³/mol. The van der Waals surface area contributed by atoms with Crippen LogP contribution in [-0.4, -0.2) is 75.4 Å². The van der Waals surface area contributed by atoms with E-state index in [1.807, 2.05) is 0 Å². The minimum absolute atomic E-state index is 0.0561. The zero-order chi connectivity index (χ0) is 34.7. The third kappa shape index (κ3) is 12.7. The molecule has 0 spiro atoms. The molecule has 0 fully saturated rings. The van der Waals surface area contributed by atoms with Crippen molar-refractivity contribution in [1.29, 1.82) is 0 Å². The molecule has 0 saturated carbocycles. The normalized spacial score (nSPS) is 12.1. The molecule has 0 N–H and O–H groups in total. The molecule has 0 radical (unpaired) electrons. The van der Waals surface area contributed by atoms with Gasteiger partial charge in [-0.1, -0.05) is 30.3 Å². The molecule has 0 aliphatic heterocycles. The van der Waals surface area contributed by atoms with Gasteiger partial charge in [-0.2, -0.15) is 49.5 Å². The van der Waals surface area contributed by atoms with E-state index in [0.29, 0.717) is 28.7 Å². The summed E-state index contributed by atoms with van der Waals surface area (Å²) in [5, 5.41) is 0. The highest BCUT2D eigenvalue weighted by atomic mass is 19.4. The molecule has 0 atom stereocenters. The number of benzene rings is 2. The minimum atomic E-state index is -4.88. The Morgan fingerprint density at radius 1 is 0.723 bits per heavy atom. The molecule has 2 aromatic carbocycles. The van der Waals surface area contributed by atoms with Crippen LogP contribution in [0.25, 0.3) is 0 Å². The molecule has 0 unspecified atom stereocenters. The molecule has 19 heteroatoms. The third-order valence-corrected chi connectivity index (χ3v) is 5.63. The molecule has 1 aromatic heterocycles. The van der Waals surface area contributed by atoms with Crippen LogP contribution in [0, 0.1) is 0 Å². The summed E-state index contributed by atoms with van der Waals surface area (Å²) in [6.07, 6.45) is -14.5. The number of methoxy groups -OCH3 is 1. The fourth-order valence-corrected chi connectivity index (χ4v) is 3.51. The second-order valence-corrected chi connectivity index (χ2v) is 9.33. The van der Waals surface area contributed by atoms with Gasteiger partial charge in [0.15, 0.2) is 13.2 Å². The number of rotatable bonds is 15. The molecule has 258 valence electrons. The van der Waals surface area contributed by atoms with Crippen molar-refractivity contribution >= 4 is 17.7 Å². The smallest absolute Gasteiger partial charge is 0.422 e. The number of hydrogen-bond acceptors (Lipinski definition) is 8. The van der Waals surface area contributed by atoms with E-state index in [0.717, 1.165) is 17.0 Å². The van der Waals surface area contributed by atoms with Crippen LogP contribution in [-0.2, 0) is 27.0 Å². The van der Waals surface area contributed by atoms with Crippen molar-refractivity contribution in [2.45, 2.75) is 25.1 Å². The monoisotopic (exact) mass is 686 g/mol. The van der Waals surface area contributed by atoms with Gasteiger partial charge < -0.3 is 23.7 Å². The Hall–Kier alpha value is -4.36. The maximum Gasteiger partial charge on any atom is 0.422 e. The molecule has 3 rings (SSSR count). The summed E-state index contributed by atoms with van der Waals surface area (Å²) in [5.74, 6) is -2.65. The number of urea groups is 1. The van der Waals surface area contributed by atoms with Crippen molar-refractivity contribution in [2.75, 3.05) is 56.8 Å². The average molecular weight is 687 g/mol. The molecule has 1 heterocycles. The fourth-order valence-electron chi connectivity index (χ4n) is 3.51. The van der Waals surface area contributed by atoms with Gasteiger partial charge >= 0.3 is 24.6 Å². The number of nitrogens with zero attached hydrogens (tertiary/aromatic N) is 4. The lowest BCUT2D eigenvalue weighted by atomic mass is 10.2. The highest BCUT2D eigenvalue weighted by Gasteiger charge is 2.34. The fraction of sp³-hybridized carbons (Fsp3) is 0.393. The number of anilines is 2. The Morgan fingerprint density at radius 3 is 1.79 bits per heavy atom. The first-order chi connectivity index (χ1) is 22.1. The van der Waals surface area contributed by atoms with Gasteiger partial charge in [0.25, 0.3) is 0 Å². The van der Waals surface area contributed by atoms with Crippen LogP contribution in [0.5, 0.6) is 11.8 Å². The van der Waals surface area contributed by atoms with E-state index in [9.17, 15) is 44.3 Å². The largest absolute Gasteiger partial charge is 0.468 e. The molecule has 47 heavy (non-hydrogen) atoms. The van der Waals surface area contributed by atoms with E-state index in [2.05, 4.69) is 19.4 Å². The van der Waals surface area contributed by atoms with Gasteiger partial charge in [-0.25, -0.2) is 9.69 Å². The number of aromatic nitrogens is 2. The molecular formula is C28H27F9N4O6. The second-order valence-electron chi connectivity index (χ2n) is 9.33. The lowest BCUT2D eigenvalue weighted by Crippen LogP contribution is -2.46. The topological polar surface area (TPSA) is 95.5 Å². The van der Waals surface area contributed by atoms with E-state index in [-0.39, 0.29) is 25.5 Å². The van der Waals surface area contributed by atoms with Gasteiger partial charge in [0, 0.05) is 12.8 Å². The summed E-state index contributed by atoms with van der Waals surface area (Å²) in [7, 11) is 1.36. The van der Waals surface area contributed by atoms with Gasteiger partial charge in [0.1, 0.15) is 13.5 Å². The van der Waals surface area contributed by atoms with E-state index >= 15 is 0 Å². The molecule has 3 aromatic rings. The second kappa shape index (κ2) is 16.5. The standard InChI is InChI=1S/C28H27F9N4O6/c1-43-11-12-44-17-40(21-9-7-20(8-10-21)28(35,36)37)25(42)41(18-45-14-19-5-3-2-4-6-19)24-38-22(46-15-26(29,30)31)13-23(39-24)47-16-27(32,33)34/h2-10,13H,11-12,14-18H2,1H3. The highest BCUT2D eigenvalue weighted by Crippen LogP contribution is 2.31. The number of hydrogen-bond donors (Lipinski definition) is 0. The maximum absolute atomic E-state index is 14.0. The van der Waals surface area contributed by atoms with Crippen molar-refractivity contribution in [3.05, 3.63) is 71.8 Å². The van der Waals surface area contributed by atoms with Gasteiger partial charge in [0.2, 0.25) is 17.7 Å². The first kappa shape index (κ1) is 37.1. The van der Waals surface area contributed by atoms with Crippen LogP contribution in [0.15, 0.2) is 60.7 Å². The third-order valence-electron chi connectivity index (χ3n) is 5.63. The van der Waals surface area contributed by atoms with Gasteiger partial charge in [-0.05, 0) is 29.8 Å². The summed E-state index contributed by atoms with van der Waals surface area (Å²) in [6.45, 7) is -5.36. The first-order valence-corrected chi connectivity index (χ1v) is 13.3. The summed E-state index contributed by atoms with van der Waals surface area (Å²) in [4.78, 5) is 22.9. The maximum atomic E-state index is 14.0. The molecular weight excluding hydrogens is 659 g/mol.